The Labute approximate surface area is 102 Å². The van der Waals surface area contributed by atoms with Crippen molar-refractivity contribution < 1.29 is 18.3 Å². The van der Waals surface area contributed by atoms with Gasteiger partial charge < -0.3 is 9.84 Å². The van der Waals surface area contributed by atoms with Crippen LogP contribution in [0.1, 0.15) is 25.0 Å². The molecule has 0 saturated heterocycles. The molecular weight excluding hydrogens is 240 g/mol. The summed E-state index contributed by atoms with van der Waals surface area (Å²) >= 11 is 0. The highest BCUT2D eigenvalue weighted by atomic mass is 32.2. The maximum atomic E-state index is 10.9. The minimum Gasteiger partial charge on any atom is -0.494 e. The highest BCUT2D eigenvalue weighted by Gasteiger charge is 2.04. The molecule has 4 nitrogen and oxygen atoms in total. The second-order valence-corrected chi connectivity index (χ2v) is 6.34. The molecule has 0 radical (unpaired) electrons. The molecule has 0 fully saturated rings. The van der Waals surface area contributed by atoms with E-state index in [-0.39, 0.29) is 5.75 Å². The zero-order valence-electron chi connectivity index (χ0n) is 10.1. The van der Waals surface area contributed by atoms with Crippen molar-refractivity contribution >= 4 is 9.84 Å². The topological polar surface area (TPSA) is 63.6 Å². The van der Waals surface area contributed by atoms with Crippen molar-refractivity contribution in [2.75, 3.05) is 18.6 Å². The van der Waals surface area contributed by atoms with E-state index in [1.165, 1.54) is 6.26 Å². The van der Waals surface area contributed by atoms with Gasteiger partial charge in [0, 0.05) is 6.26 Å². The Hall–Kier alpha value is -1.07. The first-order chi connectivity index (χ1) is 7.88. The lowest BCUT2D eigenvalue weighted by atomic mass is 10.1. The lowest BCUT2D eigenvalue weighted by Crippen LogP contribution is -2.08. The Morgan fingerprint density at radius 3 is 2.71 bits per heavy atom. The van der Waals surface area contributed by atoms with Crippen LogP contribution in [0.5, 0.6) is 5.75 Å². The molecule has 1 aromatic rings. The molecule has 0 heterocycles. The van der Waals surface area contributed by atoms with Gasteiger partial charge in [0.15, 0.2) is 0 Å². The first kappa shape index (κ1) is 14.0. The number of rotatable bonds is 6. The Balaban J connectivity index is 2.44. The molecule has 0 aliphatic heterocycles. The molecule has 0 aliphatic carbocycles. The van der Waals surface area contributed by atoms with Crippen LogP contribution < -0.4 is 4.74 Å². The fourth-order valence-electron chi connectivity index (χ4n) is 1.38. The fourth-order valence-corrected chi connectivity index (χ4v) is 2.02. The average molecular weight is 258 g/mol. The minimum atomic E-state index is -2.92. The lowest BCUT2D eigenvalue weighted by molar-refractivity contribution is 0.198. The van der Waals surface area contributed by atoms with Crippen molar-refractivity contribution in [3.8, 4) is 5.75 Å². The van der Waals surface area contributed by atoms with E-state index in [1.807, 2.05) is 6.07 Å². The number of hydrogen-bond acceptors (Lipinski definition) is 4. The molecular formula is C12H18O4S. The van der Waals surface area contributed by atoms with Crippen molar-refractivity contribution in [2.45, 2.75) is 19.4 Å². The van der Waals surface area contributed by atoms with Crippen LogP contribution in [0.15, 0.2) is 24.3 Å². The number of hydrogen-bond donors (Lipinski definition) is 1. The number of aliphatic hydroxyl groups excluding tert-OH is 1. The van der Waals surface area contributed by atoms with E-state index in [0.29, 0.717) is 18.8 Å². The maximum Gasteiger partial charge on any atom is 0.147 e. The molecule has 1 atom stereocenters. The average Bonchev–Trinajstić information content (AvgIpc) is 2.23. The van der Waals surface area contributed by atoms with E-state index in [9.17, 15) is 13.5 Å². The summed E-state index contributed by atoms with van der Waals surface area (Å²) in [4.78, 5) is 0. The van der Waals surface area contributed by atoms with Gasteiger partial charge in [-0.25, -0.2) is 8.42 Å². The first-order valence-electron chi connectivity index (χ1n) is 5.47. The summed E-state index contributed by atoms with van der Waals surface area (Å²) in [5, 5.41) is 9.39. The van der Waals surface area contributed by atoms with Crippen molar-refractivity contribution in [3.05, 3.63) is 29.8 Å². The zero-order valence-corrected chi connectivity index (χ0v) is 10.9. The van der Waals surface area contributed by atoms with Gasteiger partial charge >= 0.3 is 0 Å². The predicted octanol–water partition coefficient (Wildman–Crippen LogP) is 1.55. The van der Waals surface area contributed by atoms with Crippen LogP contribution in [0.4, 0.5) is 0 Å². The van der Waals surface area contributed by atoms with Gasteiger partial charge in [-0.2, -0.15) is 0 Å². The van der Waals surface area contributed by atoms with E-state index in [4.69, 9.17) is 4.74 Å². The summed E-state index contributed by atoms with van der Waals surface area (Å²) < 4.78 is 27.2. The van der Waals surface area contributed by atoms with E-state index in [1.54, 1.807) is 25.1 Å². The van der Waals surface area contributed by atoms with Gasteiger partial charge in [0.05, 0.1) is 18.5 Å². The molecule has 0 amide bonds. The minimum absolute atomic E-state index is 0.128. The molecule has 0 bridgehead atoms. The van der Waals surface area contributed by atoms with Gasteiger partial charge in [-0.1, -0.05) is 12.1 Å². The van der Waals surface area contributed by atoms with Crippen molar-refractivity contribution in [2.24, 2.45) is 0 Å². The Morgan fingerprint density at radius 2 is 2.12 bits per heavy atom. The lowest BCUT2D eigenvalue weighted by Gasteiger charge is -2.09. The molecule has 5 heteroatoms. The molecule has 0 aliphatic rings. The summed E-state index contributed by atoms with van der Waals surface area (Å²) in [5.74, 6) is 0.778. The maximum absolute atomic E-state index is 10.9. The van der Waals surface area contributed by atoms with E-state index in [0.717, 1.165) is 5.56 Å². The van der Waals surface area contributed by atoms with E-state index >= 15 is 0 Å². The zero-order chi connectivity index (χ0) is 12.9. The number of aliphatic hydroxyl groups is 1. The summed E-state index contributed by atoms with van der Waals surface area (Å²) in [7, 11) is -2.92. The van der Waals surface area contributed by atoms with Crippen LogP contribution in [0.3, 0.4) is 0 Å². The van der Waals surface area contributed by atoms with E-state index < -0.39 is 15.9 Å². The van der Waals surface area contributed by atoms with Gasteiger partial charge in [-0.15, -0.1) is 0 Å². The van der Waals surface area contributed by atoms with Gasteiger partial charge in [0.25, 0.3) is 0 Å². The molecule has 0 aromatic heterocycles. The highest BCUT2D eigenvalue weighted by molar-refractivity contribution is 7.90. The van der Waals surface area contributed by atoms with Gasteiger partial charge in [-0.3, -0.25) is 0 Å². The van der Waals surface area contributed by atoms with Gasteiger partial charge in [0.1, 0.15) is 15.6 Å². The smallest absolute Gasteiger partial charge is 0.147 e. The standard InChI is InChI=1S/C12H18O4S/c1-10(13)11-5-3-6-12(9-11)16-7-4-8-17(2,14)15/h3,5-6,9-10,13H,4,7-8H2,1-2H3. The van der Waals surface area contributed by atoms with Crippen LogP contribution in [-0.4, -0.2) is 32.1 Å². The molecule has 0 spiro atoms. The fraction of sp³-hybridized carbons (Fsp3) is 0.500. The molecule has 96 valence electrons. The van der Waals surface area contributed by atoms with Gasteiger partial charge in [-0.05, 0) is 31.0 Å². The normalized spacial score (nSPS) is 13.4. The molecule has 1 rings (SSSR count). The summed E-state index contributed by atoms with van der Waals surface area (Å²) in [5.41, 5.74) is 0.783. The van der Waals surface area contributed by atoms with Gasteiger partial charge in [0.2, 0.25) is 0 Å². The molecule has 1 aromatic carbocycles. The quantitative estimate of drug-likeness (QED) is 0.786. The highest BCUT2D eigenvalue weighted by Crippen LogP contribution is 2.18. The van der Waals surface area contributed by atoms with Crippen LogP contribution in [0.2, 0.25) is 0 Å². The van der Waals surface area contributed by atoms with Crippen molar-refractivity contribution in [1.29, 1.82) is 0 Å². The summed E-state index contributed by atoms with van der Waals surface area (Å²) in [6, 6.07) is 7.15. The Morgan fingerprint density at radius 1 is 1.41 bits per heavy atom. The third-order valence-electron chi connectivity index (χ3n) is 2.27. The van der Waals surface area contributed by atoms with Crippen molar-refractivity contribution in [3.63, 3.8) is 0 Å². The molecule has 1 unspecified atom stereocenters. The predicted molar refractivity (Wildman–Crippen MR) is 66.9 cm³/mol. The van der Waals surface area contributed by atoms with Crippen molar-refractivity contribution in [1.82, 2.24) is 0 Å². The third kappa shape index (κ3) is 5.70. The largest absolute Gasteiger partial charge is 0.494 e. The molecule has 1 N–H and O–H groups in total. The van der Waals surface area contributed by atoms with Crippen LogP contribution in [0.25, 0.3) is 0 Å². The second kappa shape index (κ2) is 6.02. The van der Waals surface area contributed by atoms with E-state index in [2.05, 4.69) is 0 Å². The number of benzene rings is 1. The Bertz CT molecular complexity index is 451. The molecule has 0 saturated carbocycles. The number of sulfone groups is 1. The summed E-state index contributed by atoms with van der Waals surface area (Å²) in [6.45, 7) is 2.04. The SMILES string of the molecule is CC(O)c1cccc(OCCCS(C)(=O)=O)c1. The second-order valence-electron chi connectivity index (χ2n) is 4.08. The third-order valence-corrected chi connectivity index (χ3v) is 3.30. The Kier molecular flexibility index (Phi) is 4.96. The monoisotopic (exact) mass is 258 g/mol. The molecule has 17 heavy (non-hydrogen) atoms. The van der Waals surface area contributed by atoms with Crippen LogP contribution >= 0.6 is 0 Å². The summed E-state index contributed by atoms with van der Waals surface area (Å²) in [6.07, 6.45) is 1.15. The van der Waals surface area contributed by atoms with Crippen LogP contribution in [-0.2, 0) is 9.84 Å². The van der Waals surface area contributed by atoms with Crippen LogP contribution in [0, 0.1) is 0 Å². The first-order valence-corrected chi connectivity index (χ1v) is 7.53. The number of ether oxygens (including phenoxy) is 1.